The van der Waals surface area contributed by atoms with E-state index in [0.717, 1.165) is 6.42 Å². The normalized spacial score (nSPS) is 9.88. The average molecular weight is 222 g/mol. The van der Waals surface area contributed by atoms with E-state index in [1.54, 1.807) is 11.0 Å². The van der Waals surface area contributed by atoms with Gasteiger partial charge in [0.1, 0.15) is 11.6 Å². The molecule has 0 radical (unpaired) electrons. The fraction of sp³-hybridized carbons (Fsp3) is 0.455. The molecule has 0 aliphatic rings. The van der Waals surface area contributed by atoms with Crippen LogP contribution in [0.3, 0.4) is 0 Å². The van der Waals surface area contributed by atoms with Crippen LogP contribution in [0, 0.1) is 0 Å². The maximum absolute atomic E-state index is 11.5. The molecular weight excluding hydrogens is 204 g/mol. The van der Waals surface area contributed by atoms with Crippen molar-refractivity contribution in [2.24, 2.45) is 0 Å². The highest BCUT2D eigenvalue weighted by Crippen LogP contribution is 2.09. The first-order chi connectivity index (χ1) is 7.63. The maximum Gasteiger partial charge on any atom is 0.239 e. The molecule has 1 aromatic heterocycles. The Bertz CT molecular complexity index is 354. The summed E-state index contributed by atoms with van der Waals surface area (Å²) >= 11 is 0. The minimum absolute atomic E-state index is 0.00595. The molecule has 0 saturated carbocycles. The number of hydrogen-bond acceptors (Lipinski definition) is 4. The third-order valence-corrected chi connectivity index (χ3v) is 2.10. The lowest BCUT2D eigenvalue weighted by Gasteiger charge is -2.17. The van der Waals surface area contributed by atoms with Crippen LogP contribution in [0.1, 0.15) is 13.3 Å². The minimum atomic E-state index is -0.00595. The van der Waals surface area contributed by atoms with Crippen LogP contribution in [-0.4, -0.2) is 31.0 Å². The molecule has 3 N–H and O–H groups in total. The summed E-state index contributed by atoms with van der Waals surface area (Å²) < 4.78 is 0. The molecule has 16 heavy (non-hydrogen) atoms. The largest absolute Gasteiger partial charge is 0.384 e. The Morgan fingerprint density at radius 2 is 2.31 bits per heavy atom. The second-order valence-corrected chi connectivity index (χ2v) is 3.63. The summed E-state index contributed by atoms with van der Waals surface area (Å²) in [7, 11) is 1.81. The van der Waals surface area contributed by atoms with Crippen molar-refractivity contribution in [3.8, 4) is 0 Å². The molecule has 1 amide bonds. The number of nitrogens with one attached hydrogen (secondary N) is 1. The molecule has 1 heterocycles. The molecule has 5 nitrogen and oxygen atoms in total. The molecule has 88 valence electrons. The van der Waals surface area contributed by atoms with Crippen LogP contribution >= 0.6 is 0 Å². The number of aromatic nitrogens is 1. The number of likely N-dealkylation sites (N-methyl/N-ethyl adjacent to an activating group) is 1. The molecule has 0 aliphatic heterocycles. The topological polar surface area (TPSA) is 71.2 Å². The highest BCUT2D eigenvalue weighted by Gasteiger charge is 2.07. The average Bonchev–Trinajstić information content (AvgIpc) is 2.26. The summed E-state index contributed by atoms with van der Waals surface area (Å²) in [5.74, 6) is 1.15. The Balaban J connectivity index is 2.52. The third-order valence-electron chi connectivity index (χ3n) is 2.10. The monoisotopic (exact) mass is 222 g/mol. The number of nitrogen functional groups attached to an aromatic ring is 1. The van der Waals surface area contributed by atoms with Crippen molar-refractivity contribution in [2.45, 2.75) is 13.3 Å². The molecule has 0 saturated heterocycles. The van der Waals surface area contributed by atoms with E-state index in [4.69, 9.17) is 5.73 Å². The Morgan fingerprint density at radius 1 is 1.56 bits per heavy atom. The van der Waals surface area contributed by atoms with Crippen molar-refractivity contribution in [3.05, 3.63) is 18.2 Å². The van der Waals surface area contributed by atoms with Crippen LogP contribution in [0.15, 0.2) is 18.2 Å². The van der Waals surface area contributed by atoms with Crippen molar-refractivity contribution < 1.29 is 4.79 Å². The number of hydrogen-bond donors (Lipinski definition) is 2. The van der Waals surface area contributed by atoms with Crippen LogP contribution in [0.4, 0.5) is 11.6 Å². The zero-order valence-electron chi connectivity index (χ0n) is 9.73. The van der Waals surface area contributed by atoms with Gasteiger partial charge >= 0.3 is 0 Å². The molecule has 0 fully saturated rings. The molecule has 0 bridgehead atoms. The highest BCUT2D eigenvalue weighted by atomic mass is 16.2. The maximum atomic E-state index is 11.5. The standard InChI is InChI=1S/C11H18N4O/c1-3-7-13-11(16)8-15(2)10-6-4-5-9(12)14-10/h4-6H,3,7-8H2,1-2H3,(H2,12,14)(H,13,16). The number of carbonyl (C=O) groups excluding carboxylic acids is 1. The first kappa shape index (κ1) is 12.3. The number of anilines is 2. The zero-order valence-corrected chi connectivity index (χ0v) is 9.73. The van der Waals surface area contributed by atoms with Crippen molar-refractivity contribution in [1.29, 1.82) is 0 Å². The van der Waals surface area contributed by atoms with Crippen molar-refractivity contribution in [1.82, 2.24) is 10.3 Å². The van der Waals surface area contributed by atoms with Crippen LogP contribution in [-0.2, 0) is 4.79 Å². The predicted octanol–water partition coefficient (Wildman–Crippen LogP) is 0.626. The van der Waals surface area contributed by atoms with Gasteiger partial charge in [-0.3, -0.25) is 4.79 Å². The van der Waals surface area contributed by atoms with Gasteiger partial charge < -0.3 is 16.0 Å². The van der Waals surface area contributed by atoms with Gasteiger partial charge in [-0.25, -0.2) is 4.98 Å². The Labute approximate surface area is 95.7 Å². The third kappa shape index (κ3) is 3.76. The number of carbonyl (C=O) groups is 1. The number of rotatable bonds is 5. The Morgan fingerprint density at radius 3 is 2.94 bits per heavy atom. The summed E-state index contributed by atoms with van der Waals surface area (Å²) in [5.41, 5.74) is 5.57. The lowest BCUT2D eigenvalue weighted by molar-refractivity contribution is -0.119. The van der Waals surface area contributed by atoms with Gasteiger partial charge in [-0.05, 0) is 18.6 Å². The van der Waals surface area contributed by atoms with E-state index < -0.39 is 0 Å². The molecule has 0 spiro atoms. The van der Waals surface area contributed by atoms with E-state index in [9.17, 15) is 4.79 Å². The van der Waals surface area contributed by atoms with Crippen LogP contribution in [0.25, 0.3) is 0 Å². The lowest BCUT2D eigenvalue weighted by atomic mass is 10.4. The zero-order chi connectivity index (χ0) is 12.0. The molecular formula is C11H18N4O. The summed E-state index contributed by atoms with van der Waals surface area (Å²) in [5, 5.41) is 2.81. The van der Waals surface area contributed by atoms with Crippen LogP contribution in [0.5, 0.6) is 0 Å². The smallest absolute Gasteiger partial charge is 0.239 e. The fourth-order valence-electron chi connectivity index (χ4n) is 1.27. The molecule has 0 aliphatic carbocycles. The van der Waals surface area contributed by atoms with Gasteiger partial charge in [0.05, 0.1) is 6.54 Å². The SMILES string of the molecule is CCCNC(=O)CN(C)c1cccc(N)n1. The Hall–Kier alpha value is -1.78. The van der Waals surface area contributed by atoms with Crippen molar-refractivity contribution in [3.63, 3.8) is 0 Å². The molecule has 1 rings (SSSR count). The van der Waals surface area contributed by atoms with Crippen LogP contribution < -0.4 is 16.0 Å². The Kier molecular flexibility index (Phi) is 4.57. The number of amides is 1. The van der Waals surface area contributed by atoms with Gasteiger partial charge in [0.15, 0.2) is 0 Å². The van der Waals surface area contributed by atoms with E-state index in [-0.39, 0.29) is 12.5 Å². The second kappa shape index (κ2) is 5.95. The van der Waals surface area contributed by atoms with Crippen LogP contribution in [0.2, 0.25) is 0 Å². The molecule has 5 heteroatoms. The molecule has 0 unspecified atom stereocenters. The highest BCUT2D eigenvalue weighted by molar-refractivity contribution is 5.80. The van der Waals surface area contributed by atoms with Gasteiger partial charge in [-0.1, -0.05) is 13.0 Å². The molecule has 0 atom stereocenters. The first-order valence-corrected chi connectivity index (χ1v) is 5.34. The van der Waals surface area contributed by atoms with Crippen molar-refractivity contribution in [2.75, 3.05) is 30.8 Å². The number of nitrogens with zero attached hydrogens (tertiary/aromatic N) is 2. The van der Waals surface area contributed by atoms with E-state index in [1.807, 2.05) is 26.1 Å². The lowest BCUT2D eigenvalue weighted by Crippen LogP contribution is -2.35. The fourth-order valence-corrected chi connectivity index (χ4v) is 1.27. The summed E-state index contributed by atoms with van der Waals surface area (Å²) in [6.07, 6.45) is 0.936. The quantitative estimate of drug-likeness (QED) is 0.766. The minimum Gasteiger partial charge on any atom is -0.384 e. The predicted molar refractivity (Wildman–Crippen MR) is 65.2 cm³/mol. The van der Waals surface area contributed by atoms with Crippen molar-refractivity contribution >= 4 is 17.5 Å². The van der Waals surface area contributed by atoms with Gasteiger partial charge in [-0.15, -0.1) is 0 Å². The van der Waals surface area contributed by atoms with Gasteiger partial charge in [0, 0.05) is 13.6 Å². The summed E-state index contributed by atoms with van der Waals surface area (Å²) in [6.45, 7) is 3.01. The molecule has 0 aromatic carbocycles. The van der Waals surface area contributed by atoms with E-state index in [1.165, 1.54) is 0 Å². The summed E-state index contributed by atoms with van der Waals surface area (Å²) in [6, 6.07) is 5.36. The molecule has 1 aromatic rings. The van der Waals surface area contributed by atoms with E-state index >= 15 is 0 Å². The van der Waals surface area contributed by atoms with E-state index in [2.05, 4.69) is 10.3 Å². The first-order valence-electron chi connectivity index (χ1n) is 5.34. The second-order valence-electron chi connectivity index (χ2n) is 3.63. The van der Waals surface area contributed by atoms with Gasteiger partial charge in [0.2, 0.25) is 5.91 Å². The van der Waals surface area contributed by atoms with Gasteiger partial charge in [0.25, 0.3) is 0 Å². The summed E-state index contributed by atoms with van der Waals surface area (Å²) in [4.78, 5) is 17.4. The van der Waals surface area contributed by atoms with Gasteiger partial charge in [-0.2, -0.15) is 0 Å². The van der Waals surface area contributed by atoms with E-state index in [0.29, 0.717) is 18.2 Å². The number of pyridine rings is 1. The number of nitrogens with two attached hydrogens (primary N) is 1.